The number of aryl methyl sites for hydroxylation is 2. The molecule has 0 aromatic heterocycles. The molecule has 1 aliphatic heterocycles. The number of nitrogens with zero attached hydrogens (tertiary/aromatic N) is 1. The van der Waals surface area contributed by atoms with Gasteiger partial charge >= 0.3 is 6.09 Å². The van der Waals surface area contributed by atoms with Crippen LogP contribution in [0.2, 0.25) is 0 Å². The van der Waals surface area contributed by atoms with Gasteiger partial charge in [0.2, 0.25) is 0 Å². The van der Waals surface area contributed by atoms with Gasteiger partial charge in [0, 0.05) is 6.04 Å². The van der Waals surface area contributed by atoms with Crippen LogP contribution in [0.1, 0.15) is 24.5 Å². The van der Waals surface area contributed by atoms with Crippen molar-refractivity contribution in [3.05, 3.63) is 29.3 Å². The quantitative estimate of drug-likeness (QED) is 0.707. The maximum absolute atomic E-state index is 11.1. The summed E-state index contributed by atoms with van der Waals surface area (Å²) in [6.07, 6.45) is 1.03. The van der Waals surface area contributed by atoms with Crippen LogP contribution in [0.4, 0.5) is 10.5 Å². The summed E-state index contributed by atoms with van der Waals surface area (Å²) in [6, 6.07) is 6.04. The second kappa shape index (κ2) is 3.57. The molecule has 0 radical (unpaired) electrons. The summed E-state index contributed by atoms with van der Waals surface area (Å²) in [6.45, 7) is 3.99. The van der Waals surface area contributed by atoms with Gasteiger partial charge in [0.15, 0.2) is 0 Å². The van der Waals surface area contributed by atoms with Crippen LogP contribution in [0, 0.1) is 6.92 Å². The minimum atomic E-state index is -0.854. The number of fused-ring (bicyclic) bond motifs is 1. The van der Waals surface area contributed by atoms with E-state index in [1.807, 2.05) is 26.0 Å². The average Bonchev–Trinajstić information content (AvgIpc) is 2.17. The van der Waals surface area contributed by atoms with Crippen LogP contribution in [0.15, 0.2) is 18.2 Å². The van der Waals surface area contributed by atoms with Crippen molar-refractivity contribution in [3.8, 4) is 0 Å². The van der Waals surface area contributed by atoms with Gasteiger partial charge in [0.1, 0.15) is 0 Å². The van der Waals surface area contributed by atoms with Gasteiger partial charge in [0.25, 0.3) is 0 Å². The van der Waals surface area contributed by atoms with E-state index >= 15 is 0 Å². The zero-order valence-corrected chi connectivity index (χ0v) is 9.03. The molecule has 0 spiro atoms. The lowest BCUT2D eigenvalue weighted by Crippen LogP contribution is -2.41. The Morgan fingerprint density at radius 1 is 1.53 bits per heavy atom. The fraction of sp³-hybridized carbons (Fsp3) is 0.417. The van der Waals surface area contributed by atoms with Crippen molar-refractivity contribution in [1.82, 2.24) is 0 Å². The Balaban J connectivity index is 2.48. The number of anilines is 1. The normalized spacial score (nSPS) is 19.9. The number of benzene rings is 1. The molecule has 0 saturated heterocycles. The first-order chi connectivity index (χ1) is 7.09. The van der Waals surface area contributed by atoms with Crippen molar-refractivity contribution in [2.45, 2.75) is 32.7 Å². The molecule has 0 bridgehead atoms. The van der Waals surface area contributed by atoms with Crippen LogP contribution < -0.4 is 4.90 Å². The molecule has 0 aliphatic carbocycles. The first kappa shape index (κ1) is 10.0. The van der Waals surface area contributed by atoms with Gasteiger partial charge in [0.05, 0.1) is 5.69 Å². The van der Waals surface area contributed by atoms with Crippen molar-refractivity contribution >= 4 is 11.8 Å². The summed E-state index contributed by atoms with van der Waals surface area (Å²) >= 11 is 0. The maximum atomic E-state index is 11.1. The Kier molecular flexibility index (Phi) is 2.39. The molecule has 1 aromatic rings. The SMILES string of the molecule is Cc1ccc2c(c1)CCC(C)N2C(=O)O. The van der Waals surface area contributed by atoms with Crippen molar-refractivity contribution in [2.75, 3.05) is 4.90 Å². The summed E-state index contributed by atoms with van der Waals surface area (Å²) in [5.74, 6) is 0. The van der Waals surface area contributed by atoms with Gasteiger partial charge in [-0.3, -0.25) is 4.90 Å². The van der Waals surface area contributed by atoms with E-state index in [1.54, 1.807) is 0 Å². The second-order valence-corrected chi connectivity index (χ2v) is 4.17. The van der Waals surface area contributed by atoms with Crippen LogP contribution in [0.3, 0.4) is 0 Å². The molecule has 1 heterocycles. The average molecular weight is 205 g/mol. The molecule has 1 aromatic carbocycles. The van der Waals surface area contributed by atoms with Crippen LogP contribution in [0.5, 0.6) is 0 Å². The van der Waals surface area contributed by atoms with E-state index in [1.165, 1.54) is 10.5 Å². The number of rotatable bonds is 0. The Morgan fingerprint density at radius 3 is 2.93 bits per heavy atom. The van der Waals surface area contributed by atoms with E-state index in [2.05, 4.69) is 6.07 Å². The Labute approximate surface area is 89.3 Å². The van der Waals surface area contributed by atoms with E-state index in [0.29, 0.717) is 0 Å². The fourth-order valence-corrected chi connectivity index (χ4v) is 2.17. The highest BCUT2D eigenvalue weighted by Gasteiger charge is 2.27. The van der Waals surface area contributed by atoms with Crippen molar-refractivity contribution < 1.29 is 9.90 Å². The molecule has 1 N–H and O–H groups in total. The predicted molar refractivity (Wildman–Crippen MR) is 59.5 cm³/mol. The van der Waals surface area contributed by atoms with Gasteiger partial charge in [-0.1, -0.05) is 17.7 Å². The zero-order valence-electron chi connectivity index (χ0n) is 9.03. The molecule has 3 heteroatoms. The molecule has 0 fully saturated rings. The maximum Gasteiger partial charge on any atom is 0.412 e. The van der Waals surface area contributed by atoms with E-state index < -0.39 is 6.09 Å². The molecule has 15 heavy (non-hydrogen) atoms. The topological polar surface area (TPSA) is 40.5 Å². The van der Waals surface area contributed by atoms with Crippen LogP contribution >= 0.6 is 0 Å². The lowest BCUT2D eigenvalue weighted by molar-refractivity contribution is 0.198. The highest BCUT2D eigenvalue weighted by molar-refractivity contribution is 5.88. The van der Waals surface area contributed by atoms with Crippen molar-refractivity contribution in [3.63, 3.8) is 0 Å². The summed E-state index contributed by atoms with van der Waals surface area (Å²) in [7, 11) is 0. The van der Waals surface area contributed by atoms with Gasteiger partial charge in [-0.15, -0.1) is 0 Å². The molecule has 80 valence electrons. The number of carboxylic acid groups (broad SMARTS) is 1. The zero-order chi connectivity index (χ0) is 11.0. The molecular weight excluding hydrogens is 190 g/mol. The van der Waals surface area contributed by atoms with Gasteiger partial charge in [-0.05, 0) is 38.3 Å². The molecular formula is C12H15NO2. The van der Waals surface area contributed by atoms with E-state index in [-0.39, 0.29) is 6.04 Å². The minimum Gasteiger partial charge on any atom is -0.465 e. The second-order valence-electron chi connectivity index (χ2n) is 4.17. The van der Waals surface area contributed by atoms with Crippen LogP contribution in [-0.4, -0.2) is 17.2 Å². The summed E-state index contributed by atoms with van der Waals surface area (Å²) < 4.78 is 0. The van der Waals surface area contributed by atoms with E-state index in [4.69, 9.17) is 5.11 Å². The number of hydrogen-bond donors (Lipinski definition) is 1. The number of amides is 1. The van der Waals surface area contributed by atoms with Gasteiger partial charge in [-0.2, -0.15) is 0 Å². The molecule has 1 aliphatic rings. The van der Waals surface area contributed by atoms with Crippen molar-refractivity contribution in [1.29, 1.82) is 0 Å². The number of carbonyl (C=O) groups is 1. The third-order valence-corrected chi connectivity index (χ3v) is 2.97. The summed E-state index contributed by atoms with van der Waals surface area (Å²) in [5, 5.41) is 9.15. The Hall–Kier alpha value is -1.51. The first-order valence-corrected chi connectivity index (χ1v) is 5.21. The molecule has 0 saturated carbocycles. The Morgan fingerprint density at radius 2 is 2.27 bits per heavy atom. The largest absolute Gasteiger partial charge is 0.465 e. The predicted octanol–water partition coefficient (Wildman–Crippen LogP) is 2.81. The van der Waals surface area contributed by atoms with Crippen LogP contribution in [-0.2, 0) is 6.42 Å². The molecule has 2 rings (SSSR count). The van der Waals surface area contributed by atoms with E-state index in [9.17, 15) is 4.79 Å². The lowest BCUT2D eigenvalue weighted by atomic mass is 9.96. The molecule has 1 atom stereocenters. The minimum absolute atomic E-state index is 0.0812. The fourth-order valence-electron chi connectivity index (χ4n) is 2.17. The monoisotopic (exact) mass is 205 g/mol. The smallest absolute Gasteiger partial charge is 0.412 e. The van der Waals surface area contributed by atoms with Gasteiger partial charge in [-0.25, -0.2) is 4.79 Å². The first-order valence-electron chi connectivity index (χ1n) is 5.21. The third kappa shape index (κ3) is 1.69. The molecule has 3 nitrogen and oxygen atoms in total. The lowest BCUT2D eigenvalue weighted by Gasteiger charge is -2.33. The summed E-state index contributed by atoms with van der Waals surface area (Å²) in [4.78, 5) is 12.6. The number of hydrogen-bond acceptors (Lipinski definition) is 1. The van der Waals surface area contributed by atoms with Gasteiger partial charge < -0.3 is 5.11 Å². The molecule has 1 amide bonds. The highest BCUT2D eigenvalue weighted by Crippen LogP contribution is 2.31. The summed E-state index contributed by atoms with van der Waals surface area (Å²) in [5.41, 5.74) is 3.19. The van der Waals surface area contributed by atoms with Crippen LogP contribution in [0.25, 0.3) is 0 Å². The molecule has 1 unspecified atom stereocenters. The standard InChI is InChI=1S/C12H15NO2/c1-8-3-6-11-10(7-8)5-4-9(2)13(11)12(14)15/h3,6-7,9H,4-5H2,1-2H3,(H,14,15). The highest BCUT2D eigenvalue weighted by atomic mass is 16.4. The van der Waals surface area contributed by atoms with E-state index in [0.717, 1.165) is 24.1 Å². The third-order valence-electron chi connectivity index (χ3n) is 2.97. The van der Waals surface area contributed by atoms with Crippen molar-refractivity contribution in [2.24, 2.45) is 0 Å². The Bertz CT molecular complexity index is 401.